The second-order valence-corrected chi connectivity index (χ2v) is 6.03. The number of hydrogen-bond donors (Lipinski definition) is 1. The molecule has 4 unspecified atom stereocenters. The molecule has 1 aromatic rings. The van der Waals surface area contributed by atoms with E-state index in [4.69, 9.17) is 4.74 Å². The number of anilines is 1. The molecule has 1 N–H and O–H groups in total. The lowest BCUT2D eigenvalue weighted by Crippen LogP contribution is -2.63. The number of amides is 3. The van der Waals surface area contributed by atoms with E-state index in [9.17, 15) is 9.59 Å². The van der Waals surface area contributed by atoms with Crippen LogP contribution in [0.3, 0.4) is 0 Å². The molecule has 0 bridgehead atoms. The third-order valence-electron chi connectivity index (χ3n) is 4.83. The summed E-state index contributed by atoms with van der Waals surface area (Å²) in [6.45, 7) is 0. The van der Waals surface area contributed by atoms with E-state index in [2.05, 4.69) is 5.32 Å². The topological polar surface area (TPSA) is 58.6 Å². The summed E-state index contributed by atoms with van der Waals surface area (Å²) in [6, 6.07) is 8.53. The largest absolute Gasteiger partial charge is 0.363 e. The Hall–Kier alpha value is -1.88. The predicted octanol–water partition coefficient (Wildman–Crippen LogP) is 2.07. The van der Waals surface area contributed by atoms with Crippen LogP contribution in [0.1, 0.15) is 25.7 Å². The highest BCUT2D eigenvalue weighted by Crippen LogP contribution is 2.40. The number of ether oxygens (including phenoxy) is 1. The number of imide groups is 1. The third-order valence-corrected chi connectivity index (χ3v) is 4.83. The molecule has 0 aromatic heterocycles. The molecule has 1 aromatic carbocycles. The first-order valence-electron chi connectivity index (χ1n) is 7.61. The van der Waals surface area contributed by atoms with Gasteiger partial charge in [-0.15, -0.1) is 0 Å². The summed E-state index contributed by atoms with van der Waals surface area (Å²) in [7, 11) is 0. The summed E-state index contributed by atoms with van der Waals surface area (Å²) in [6.07, 6.45) is 3.91. The fourth-order valence-electron chi connectivity index (χ4n) is 3.85. The second-order valence-electron chi connectivity index (χ2n) is 6.03. The van der Waals surface area contributed by atoms with Gasteiger partial charge < -0.3 is 10.1 Å². The van der Waals surface area contributed by atoms with Crippen LogP contribution in [0.5, 0.6) is 0 Å². The first-order valence-corrected chi connectivity index (χ1v) is 7.61. The zero-order valence-corrected chi connectivity index (χ0v) is 11.7. The Morgan fingerprint density at radius 2 is 1.86 bits per heavy atom. The van der Waals surface area contributed by atoms with Gasteiger partial charge in [0.05, 0.1) is 17.8 Å². The lowest BCUT2D eigenvalue weighted by atomic mass is 9.81. The minimum absolute atomic E-state index is 0.119. The van der Waals surface area contributed by atoms with Crippen molar-refractivity contribution in [3.8, 4) is 0 Å². The highest BCUT2D eigenvalue weighted by Gasteiger charge is 2.54. The summed E-state index contributed by atoms with van der Waals surface area (Å²) >= 11 is 0. The molecule has 3 aliphatic rings. The zero-order chi connectivity index (χ0) is 14.4. The van der Waals surface area contributed by atoms with Crippen molar-refractivity contribution in [1.82, 2.24) is 5.32 Å². The molecular formula is C16H18N2O3. The van der Waals surface area contributed by atoms with E-state index >= 15 is 0 Å². The van der Waals surface area contributed by atoms with Gasteiger partial charge in [-0.3, -0.25) is 4.79 Å². The number of fused-ring (bicyclic) bond motifs is 3. The lowest BCUT2D eigenvalue weighted by Gasteiger charge is -2.35. The molecule has 4 atom stereocenters. The van der Waals surface area contributed by atoms with Crippen molar-refractivity contribution in [1.29, 1.82) is 0 Å². The smallest absolute Gasteiger partial charge is 0.329 e. The van der Waals surface area contributed by atoms with Crippen molar-refractivity contribution in [3.63, 3.8) is 0 Å². The Kier molecular flexibility index (Phi) is 2.96. The van der Waals surface area contributed by atoms with E-state index < -0.39 is 6.10 Å². The van der Waals surface area contributed by atoms with Crippen LogP contribution in [0.15, 0.2) is 30.3 Å². The number of carbonyl (C=O) groups excluding carboxylic acids is 2. The van der Waals surface area contributed by atoms with E-state index in [-0.39, 0.29) is 30.0 Å². The molecule has 110 valence electrons. The number of hydrogen-bond acceptors (Lipinski definition) is 3. The molecule has 1 saturated carbocycles. The Labute approximate surface area is 123 Å². The SMILES string of the molecule is O=C1NC2C(OC3CCCCC32)C(=O)N1c1ccccc1. The van der Waals surface area contributed by atoms with Gasteiger partial charge in [-0.2, -0.15) is 0 Å². The Morgan fingerprint density at radius 1 is 1.10 bits per heavy atom. The fourth-order valence-corrected chi connectivity index (χ4v) is 3.85. The van der Waals surface area contributed by atoms with Crippen LogP contribution in [0.2, 0.25) is 0 Å². The summed E-state index contributed by atoms with van der Waals surface area (Å²) in [5.41, 5.74) is 0.594. The first kappa shape index (κ1) is 12.8. The summed E-state index contributed by atoms with van der Waals surface area (Å²) in [4.78, 5) is 26.3. The number of nitrogens with one attached hydrogen (secondary N) is 1. The van der Waals surface area contributed by atoms with Crippen molar-refractivity contribution in [2.75, 3.05) is 4.90 Å². The first-order chi connectivity index (χ1) is 10.3. The quantitative estimate of drug-likeness (QED) is 0.859. The third kappa shape index (κ3) is 1.95. The molecule has 21 heavy (non-hydrogen) atoms. The number of para-hydroxylation sites is 1. The molecule has 2 aliphatic heterocycles. The van der Waals surface area contributed by atoms with E-state index in [1.165, 1.54) is 4.90 Å². The maximum Gasteiger partial charge on any atom is 0.329 e. The van der Waals surface area contributed by atoms with Crippen LogP contribution >= 0.6 is 0 Å². The molecule has 3 amide bonds. The van der Waals surface area contributed by atoms with Gasteiger partial charge in [0.1, 0.15) is 0 Å². The van der Waals surface area contributed by atoms with Crippen molar-refractivity contribution in [2.24, 2.45) is 5.92 Å². The molecule has 2 saturated heterocycles. The van der Waals surface area contributed by atoms with E-state index in [0.717, 1.165) is 25.7 Å². The standard InChI is InChI=1S/C16H18N2O3/c19-15-14-13(11-8-4-5-9-12(11)21-14)17-16(20)18(15)10-6-2-1-3-7-10/h1-3,6-7,11-14H,4-5,8-9H2,(H,17,20). The summed E-state index contributed by atoms with van der Waals surface area (Å²) in [5.74, 6) is 0.0546. The number of benzene rings is 1. The number of rotatable bonds is 1. The number of nitrogens with zero attached hydrogens (tertiary/aromatic N) is 1. The maximum atomic E-state index is 12.7. The second kappa shape index (κ2) is 4.84. The molecule has 0 radical (unpaired) electrons. The molecule has 0 spiro atoms. The Morgan fingerprint density at radius 3 is 2.67 bits per heavy atom. The zero-order valence-electron chi connectivity index (χ0n) is 11.7. The molecule has 5 nitrogen and oxygen atoms in total. The van der Waals surface area contributed by atoms with E-state index in [1.807, 2.05) is 18.2 Å². The monoisotopic (exact) mass is 286 g/mol. The van der Waals surface area contributed by atoms with Gasteiger partial charge in [0, 0.05) is 5.92 Å². The highest BCUT2D eigenvalue weighted by molar-refractivity contribution is 6.18. The molecule has 3 fully saturated rings. The molecule has 4 rings (SSSR count). The van der Waals surface area contributed by atoms with Crippen LogP contribution in [0.4, 0.5) is 10.5 Å². The van der Waals surface area contributed by atoms with Crippen molar-refractivity contribution in [3.05, 3.63) is 30.3 Å². The molecular weight excluding hydrogens is 268 g/mol. The minimum atomic E-state index is -0.531. The van der Waals surface area contributed by atoms with Gasteiger partial charge in [-0.25, -0.2) is 9.69 Å². The lowest BCUT2D eigenvalue weighted by molar-refractivity contribution is -0.130. The van der Waals surface area contributed by atoms with Crippen LogP contribution in [0.25, 0.3) is 0 Å². The van der Waals surface area contributed by atoms with Gasteiger partial charge in [-0.05, 0) is 25.0 Å². The predicted molar refractivity (Wildman–Crippen MR) is 76.9 cm³/mol. The van der Waals surface area contributed by atoms with Gasteiger partial charge in [-0.1, -0.05) is 31.0 Å². The van der Waals surface area contributed by atoms with E-state index in [0.29, 0.717) is 5.69 Å². The van der Waals surface area contributed by atoms with E-state index in [1.54, 1.807) is 12.1 Å². The molecule has 1 aliphatic carbocycles. The molecule has 2 heterocycles. The average Bonchev–Trinajstić information content (AvgIpc) is 2.88. The molecule has 5 heteroatoms. The minimum Gasteiger partial charge on any atom is -0.363 e. The van der Waals surface area contributed by atoms with Crippen LogP contribution in [-0.4, -0.2) is 30.2 Å². The summed E-state index contributed by atoms with van der Waals surface area (Å²) in [5, 5.41) is 3.00. The number of urea groups is 1. The van der Waals surface area contributed by atoms with Crippen molar-refractivity contribution >= 4 is 17.6 Å². The van der Waals surface area contributed by atoms with Crippen molar-refractivity contribution in [2.45, 2.75) is 43.9 Å². The Bertz CT molecular complexity index is 574. The summed E-state index contributed by atoms with van der Waals surface area (Å²) < 4.78 is 5.98. The number of carbonyl (C=O) groups is 2. The fraction of sp³-hybridized carbons (Fsp3) is 0.500. The van der Waals surface area contributed by atoms with Crippen LogP contribution in [-0.2, 0) is 9.53 Å². The van der Waals surface area contributed by atoms with Gasteiger partial charge in [0.2, 0.25) is 0 Å². The normalized spacial score (nSPS) is 35.1. The van der Waals surface area contributed by atoms with Gasteiger partial charge in [0.25, 0.3) is 5.91 Å². The van der Waals surface area contributed by atoms with Gasteiger partial charge >= 0.3 is 6.03 Å². The van der Waals surface area contributed by atoms with Crippen LogP contribution < -0.4 is 10.2 Å². The average molecular weight is 286 g/mol. The van der Waals surface area contributed by atoms with Crippen LogP contribution in [0, 0.1) is 5.92 Å². The van der Waals surface area contributed by atoms with Gasteiger partial charge in [0.15, 0.2) is 6.10 Å². The maximum absolute atomic E-state index is 12.7. The highest BCUT2D eigenvalue weighted by atomic mass is 16.5. The van der Waals surface area contributed by atoms with Crippen molar-refractivity contribution < 1.29 is 14.3 Å². The Balaban J connectivity index is 1.64.